The summed E-state index contributed by atoms with van der Waals surface area (Å²) in [5.41, 5.74) is 2.57. The van der Waals surface area contributed by atoms with E-state index in [1.165, 1.54) is 16.7 Å². The molecule has 0 aromatic heterocycles. The van der Waals surface area contributed by atoms with Crippen molar-refractivity contribution < 1.29 is 18.4 Å². The minimum absolute atomic E-state index is 0.289. The van der Waals surface area contributed by atoms with Gasteiger partial charge in [-0.1, -0.05) is 23.7 Å². The maximum absolute atomic E-state index is 12.2. The number of nitrogens with zero attached hydrogens (tertiary/aromatic N) is 1. The van der Waals surface area contributed by atoms with Crippen LogP contribution in [-0.4, -0.2) is 43.0 Å². The second-order valence-corrected chi connectivity index (χ2v) is 7.68. The molecule has 0 aliphatic carbocycles. The van der Waals surface area contributed by atoms with Crippen molar-refractivity contribution in [1.82, 2.24) is 14.5 Å². The first-order chi connectivity index (χ1) is 10.8. The summed E-state index contributed by atoms with van der Waals surface area (Å²) < 4.78 is 28.0. The van der Waals surface area contributed by atoms with Crippen molar-refractivity contribution >= 4 is 27.7 Å². The van der Waals surface area contributed by atoms with E-state index in [1.54, 1.807) is 0 Å². The van der Waals surface area contributed by atoms with Gasteiger partial charge in [0.2, 0.25) is 0 Å². The monoisotopic (exact) mass is 361 g/mol. The summed E-state index contributed by atoms with van der Waals surface area (Å²) in [5.74, 6) is -0.512. The number of hydroxylamine groups is 1. The SMILES string of the molecule is C[C@@H](NS(=O)(=O)N1CCC(c2ccc(Cl)cc2)CC1)C(=O)NO. The average Bonchev–Trinajstić information content (AvgIpc) is 2.54. The Labute approximate surface area is 140 Å². The number of hydrogen-bond acceptors (Lipinski definition) is 4. The van der Waals surface area contributed by atoms with Crippen LogP contribution in [0.1, 0.15) is 31.2 Å². The fraction of sp³-hybridized carbons (Fsp3) is 0.500. The van der Waals surface area contributed by atoms with E-state index in [0.29, 0.717) is 31.0 Å². The predicted octanol–water partition coefficient (Wildman–Crippen LogP) is 1.25. The van der Waals surface area contributed by atoms with Gasteiger partial charge in [0.1, 0.15) is 6.04 Å². The van der Waals surface area contributed by atoms with Crippen LogP contribution >= 0.6 is 11.6 Å². The third kappa shape index (κ3) is 4.65. The van der Waals surface area contributed by atoms with Gasteiger partial charge in [-0.15, -0.1) is 0 Å². The Hall–Kier alpha value is -1.19. The third-order valence-corrected chi connectivity index (χ3v) is 5.91. The van der Waals surface area contributed by atoms with Crippen LogP contribution in [-0.2, 0) is 15.0 Å². The Bertz CT molecular complexity index is 642. The van der Waals surface area contributed by atoms with E-state index in [4.69, 9.17) is 16.8 Å². The smallest absolute Gasteiger partial charge is 0.280 e. The van der Waals surface area contributed by atoms with Gasteiger partial charge in [0.15, 0.2) is 0 Å². The Morgan fingerprint density at radius 2 is 1.87 bits per heavy atom. The summed E-state index contributed by atoms with van der Waals surface area (Å²) in [5, 5.41) is 9.21. The van der Waals surface area contributed by atoms with E-state index < -0.39 is 22.2 Å². The van der Waals surface area contributed by atoms with Crippen molar-refractivity contribution in [3.63, 3.8) is 0 Å². The van der Waals surface area contributed by atoms with Crippen molar-refractivity contribution in [2.24, 2.45) is 0 Å². The molecule has 1 aliphatic heterocycles. The maximum atomic E-state index is 12.2. The van der Waals surface area contributed by atoms with Gasteiger partial charge in [0, 0.05) is 18.1 Å². The average molecular weight is 362 g/mol. The first kappa shape index (κ1) is 18.2. The number of rotatable bonds is 5. The zero-order valence-corrected chi connectivity index (χ0v) is 14.3. The lowest BCUT2D eigenvalue weighted by Crippen LogP contribution is -2.51. The molecule has 9 heteroatoms. The Kier molecular flexibility index (Phi) is 5.99. The molecule has 0 spiro atoms. The molecular formula is C14H20ClN3O4S. The fourth-order valence-corrected chi connectivity index (χ4v) is 4.13. The van der Waals surface area contributed by atoms with Crippen molar-refractivity contribution in [3.05, 3.63) is 34.9 Å². The van der Waals surface area contributed by atoms with Crippen LogP contribution in [0.5, 0.6) is 0 Å². The second kappa shape index (κ2) is 7.59. The van der Waals surface area contributed by atoms with Gasteiger partial charge in [-0.2, -0.15) is 17.4 Å². The molecule has 7 nitrogen and oxygen atoms in total. The normalized spacial score (nSPS) is 18.6. The molecule has 1 saturated heterocycles. The molecule has 23 heavy (non-hydrogen) atoms. The first-order valence-electron chi connectivity index (χ1n) is 7.30. The van der Waals surface area contributed by atoms with E-state index >= 15 is 0 Å². The van der Waals surface area contributed by atoms with Crippen LogP contribution < -0.4 is 10.2 Å². The molecule has 1 heterocycles. The maximum Gasteiger partial charge on any atom is 0.280 e. The van der Waals surface area contributed by atoms with E-state index in [2.05, 4.69) is 4.72 Å². The number of piperidine rings is 1. The molecule has 2 rings (SSSR count). The van der Waals surface area contributed by atoms with Gasteiger partial charge in [0.25, 0.3) is 16.1 Å². The van der Waals surface area contributed by atoms with Gasteiger partial charge < -0.3 is 0 Å². The molecule has 128 valence electrons. The van der Waals surface area contributed by atoms with Gasteiger partial charge >= 0.3 is 0 Å². The second-order valence-electron chi connectivity index (χ2n) is 5.55. The van der Waals surface area contributed by atoms with Gasteiger partial charge in [-0.3, -0.25) is 10.0 Å². The first-order valence-corrected chi connectivity index (χ1v) is 9.12. The summed E-state index contributed by atoms with van der Waals surface area (Å²) in [6.45, 7) is 2.11. The largest absolute Gasteiger partial charge is 0.289 e. The summed E-state index contributed by atoms with van der Waals surface area (Å²) in [7, 11) is -3.76. The number of halogens is 1. The van der Waals surface area contributed by atoms with Crippen LogP contribution in [0.2, 0.25) is 5.02 Å². The van der Waals surface area contributed by atoms with Crippen LogP contribution in [0.3, 0.4) is 0 Å². The van der Waals surface area contributed by atoms with Crippen molar-refractivity contribution in [2.45, 2.75) is 31.7 Å². The lowest BCUT2D eigenvalue weighted by atomic mass is 9.90. The molecule has 1 aliphatic rings. The highest BCUT2D eigenvalue weighted by Crippen LogP contribution is 2.29. The lowest BCUT2D eigenvalue weighted by Gasteiger charge is -2.32. The number of carbonyl (C=O) groups excluding carboxylic acids is 1. The number of nitrogens with one attached hydrogen (secondary N) is 2. The minimum Gasteiger partial charge on any atom is -0.289 e. The molecule has 1 fully saturated rings. The molecule has 1 aromatic carbocycles. The molecule has 1 aromatic rings. The predicted molar refractivity (Wildman–Crippen MR) is 86.4 cm³/mol. The molecule has 3 N–H and O–H groups in total. The molecule has 0 radical (unpaired) electrons. The quantitative estimate of drug-likeness (QED) is 0.543. The van der Waals surface area contributed by atoms with Crippen molar-refractivity contribution in [2.75, 3.05) is 13.1 Å². The van der Waals surface area contributed by atoms with Crippen LogP contribution in [0.15, 0.2) is 24.3 Å². The van der Waals surface area contributed by atoms with E-state index in [1.807, 2.05) is 24.3 Å². The van der Waals surface area contributed by atoms with E-state index in [-0.39, 0.29) is 5.92 Å². The van der Waals surface area contributed by atoms with E-state index in [9.17, 15) is 13.2 Å². The van der Waals surface area contributed by atoms with Gasteiger partial charge in [-0.25, -0.2) is 5.48 Å². The van der Waals surface area contributed by atoms with Crippen molar-refractivity contribution in [3.8, 4) is 0 Å². The molecule has 0 saturated carbocycles. The molecule has 0 bridgehead atoms. The topological polar surface area (TPSA) is 98.7 Å². The van der Waals surface area contributed by atoms with Crippen LogP contribution in [0.4, 0.5) is 0 Å². The zero-order valence-electron chi connectivity index (χ0n) is 12.7. The highest BCUT2D eigenvalue weighted by Gasteiger charge is 2.30. The van der Waals surface area contributed by atoms with Gasteiger partial charge in [0.05, 0.1) is 0 Å². The molecule has 1 atom stereocenters. The number of carbonyl (C=O) groups is 1. The third-order valence-electron chi connectivity index (χ3n) is 3.96. The fourth-order valence-electron chi connectivity index (χ4n) is 2.61. The molecule has 1 amide bonds. The van der Waals surface area contributed by atoms with Crippen molar-refractivity contribution in [1.29, 1.82) is 0 Å². The Morgan fingerprint density at radius 3 is 2.39 bits per heavy atom. The Balaban J connectivity index is 1.95. The number of benzene rings is 1. The summed E-state index contributed by atoms with van der Waals surface area (Å²) >= 11 is 5.87. The number of hydrogen-bond donors (Lipinski definition) is 3. The van der Waals surface area contributed by atoms with E-state index in [0.717, 1.165) is 5.56 Å². The zero-order chi connectivity index (χ0) is 17.0. The molecular weight excluding hydrogens is 342 g/mol. The summed E-state index contributed by atoms with van der Waals surface area (Å²) in [6.07, 6.45) is 1.40. The highest BCUT2D eigenvalue weighted by molar-refractivity contribution is 7.87. The number of amides is 1. The highest BCUT2D eigenvalue weighted by atomic mass is 35.5. The lowest BCUT2D eigenvalue weighted by molar-refractivity contribution is -0.130. The summed E-state index contributed by atoms with van der Waals surface area (Å²) in [4.78, 5) is 11.2. The van der Waals surface area contributed by atoms with Crippen LogP contribution in [0.25, 0.3) is 0 Å². The minimum atomic E-state index is -3.76. The van der Waals surface area contributed by atoms with Gasteiger partial charge in [-0.05, 0) is 43.4 Å². The van der Waals surface area contributed by atoms with Crippen LogP contribution in [0, 0.1) is 0 Å². The summed E-state index contributed by atoms with van der Waals surface area (Å²) in [6, 6.07) is 6.54. The standard InChI is InChI=1S/C14H20ClN3O4S/c1-10(14(19)16-20)17-23(21,22)18-8-6-12(7-9-18)11-2-4-13(15)5-3-11/h2-5,10,12,17,20H,6-9H2,1H3,(H,16,19)/t10-/m1/s1. The molecule has 0 unspecified atom stereocenters. The Morgan fingerprint density at radius 1 is 1.30 bits per heavy atom.